The highest BCUT2D eigenvalue weighted by atomic mass is 19.1. The number of rotatable bonds is 2. The summed E-state index contributed by atoms with van der Waals surface area (Å²) in [7, 11) is 3.62. The third-order valence-corrected chi connectivity index (χ3v) is 4.52. The maximum Gasteiger partial charge on any atom is 0.220 e. The highest BCUT2D eigenvalue weighted by Gasteiger charge is 2.42. The summed E-state index contributed by atoms with van der Waals surface area (Å²) in [6.07, 6.45) is 4.91. The molecule has 124 valence electrons. The van der Waals surface area contributed by atoms with E-state index < -0.39 is 5.66 Å². The van der Waals surface area contributed by atoms with Crippen molar-refractivity contribution in [1.82, 2.24) is 0 Å². The molecule has 23 heavy (non-hydrogen) atoms. The number of anilines is 2. The molecule has 0 aromatic heterocycles. The third-order valence-electron chi connectivity index (χ3n) is 4.52. The summed E-state index contributed by atoms with van der Waals surface area (Å²) >= 11 is 0. The number of nitrogens with zero attached hydrogens (tertiary/aromatic N) is 4. The standard InChI is InChI=1S/C16H23FN6/c1-22(2)13-7-6-11(10-12(13)17)23-15(19)20-14(18)21-16(23)8-4-3-5-9-16/h6-7,10H,3-5,8-9H2,1-2H3,(H4,18,19,20,21). The first-order chi connectivity index (χ1) is 10.9. The van der Waals surface area contributed by atoms with Crippen LogP contribution in [0.2, 0.25) is 0 Å². The van der Waals surface area contributed by atoms with E-state index in [1.165, 1.54) is 6.07 Å². The van der Waals surface area contributed by atoms with Crippen LogP contribution in [-0.4, -0.2) is 31.7 Å². The fourth-order valence-electron chi connectivity index (χ4n) is 3.49. The van der Waals surface area contributed by atoms with Crippen molar-refractivity contribution in [2.24, 2.45) is 21.5 Å². The molecule has 1 aliphatic carbocycles. The van der Waals surface area contributed by atoms with Gasteiger partial charge in [-0.1, -0.05) is 6.42 Å². The summed E-state index contributed by atoms with van der Waals surface area (Å²) in [6.45, 7) is 0. The van der Waals surface area contributed by atoms with E-state index in [2.05, 4.69) is 9.98 Å². The highest BCUT2D eigenvalue weighted by molar-refractivity contribution is 6.05. The molecule has 1 saturated carbocycles. The zero-order valence-electron chi connectivity index (χ0n) is 13.6. The van der Waals surface area contributed by atoms with Crippen molar-refractivity contribution in [3.63, 3.8) is 0 Å². The average Bonchev–Trinajstić information content (AvgIpc) is 2.46. The molecule has 1 aromatic rings. The Hall–Kier alpha value is -2.31. The lowest BCUT2D eigenvalue weighted by Gasteiger charge is -2.45. The molecule has 0 bridgehead atoms. The Labute approximate surface area is 135 Å². The molecule has 1 heterocycles. The average molecular weight is 318 g/mol. The lowest BCUT2D eigenvalue weighted by atomic mass is 9.87. The van der Waals surface area contributed by atoms with Crippen molar-refractivity contribution in [2.75, 3.05) is 23.9 Å². The van der Waals surface area contributed by atoms with Crippen LogP contribution < -0.4 is 21.3 Å². The van der Waals surface area contributed by atoms with Gasteiger partial charge in [-0.2, -0.15) is 4.99 Å². The Kier molecular flexibility index (Phi) is 3.87. The van der Waals surface area contributed by atoms with E-state index in [9.17, 15) is 4.39 Å². The predicted molar refractivity (Wildman–Crippen MR) is 92.3 cm³/mol. The Bertz CT molecular complexity index is 661. The topological polar surface area (TPSA) is 83.2 Å². The fourth-order valence-corrected chi connectivity index (χ4v) is 3.49. The maximum atomic E-state index is 14.4. The van der Waals surface area contributed by atoms with Gasteiger partial charge in [0.15, 0.2) is 0 Å². The zero-order chi connectivity index (χ0) is 16.6. The highest BCUT2D eigenvalue weighted by Crippen LogP contribution is 2.40. The molecule has 0 unspecified atom stereocenters. The van der Waals surface area contributed by atoms with Gasteiger partial charge >= 0.3 is 0 Å². The van der Waals surface area contributed by atoms with E-state index >= 15 is 0 Å². The van der Waals surface area contributed by atoms with Gasteiger partial charge in [0.1, 0.15) is 11.5 Å². The molecule has 1 aromatic carbocycles. The molecule has 0 atom stereocenters. The van der Waals surface area contributed by atoms with Gasteiger partial charge < -0.3 is 16.4 Å². The van der Waals surface area contributed by atoms with Crippen LogP contribution in [0, 0.1) is 5.82 Å². The first-order valence-corrected chi connectivity index (χ1v) is 7.89. The maximum absolute atomic E-state index is 14.4. The quantitative estimate of drug-likeness (QED) is 0.873. The minimum absolute atomic E-state index is 0.200. The molecule has 1 fully saturated rings. The van der Waals surface area contributed by atoms with Crippen molar-refractivity contribution in [3.8, 4) is 0 Å². The smallest absolute Gasteiger partial charge is 0.220 e. The Morgan fingerprint density at radius 1 is 1.17 bits per heavy atom. The van der Waals surface area contributed by atoms with Gasteiger partial charge in [0.05, 0.1) is 5.69 Å². The molecule has 0 saturated heterocycles. The van der Waals surface area contributed by atoms with E-state index in [1.807, 2.05) is 25.1 Å². The molecular formula is C16H23FN6. The number of guanidine groups is 2. The lowest BCUT2D eigenvalue weighted by Crippen LogP contribution is -2.58. The first-order valence-electron chi connectivity index (χ1n) is 7.89. The van der Waals surface area contributed by atoms with E-state index in [0.717, 1.165) is 32.1 Å². The molecule has 0 radical (unpaired) electrons. The van der Waals surface area contributed by atoms with Gasteiger partial charge in [-0.25, -0.2) is 9.38 Å². The summed E-state index contributed by atoms with van der Waals surface area (Å²) in [4.78, 5) is 12.3. The summed E-state index contributed by atoms with van der Waals surface area (Å²) < 4.78 is 14.4. The van der Waals surface area contributed by atoms with Crippen LogP contribution in [0.15, 0.2) is 28.2 Å². The monoisotopic (exact) mass is 318 g/mol. The largest absolute Gasteiger partial charge is 0.375 e. The summed E-state index contributed by atoms with van der Waals surface area (Å²) in [5.41, 5.74) is 12.6. The summed E-state index contributed by atoms with van der Waals surface area (Å²) in [5, 5.41) is 0. The van der Waals surface area contributed by atoms with Crippen LogP contribution in [0.25, 0.3) is 0 Å². The molecule has 2 aliphatic rings. The van der Waals surface area contributed by atoms with Gasteiger partial charge in [-0.05, 0) is 43.9 Å². The van der Waals surface area contributed by atoms with Crippen LogP contribution >= 0.6 is 0 Å². The van der Waals surface area contributed by atoms with E-state index in [1.54, 1.807) is 11.0 Å². The second kappa shape index (κ2) is 5.72. The van der Waals surface area contributed by atoms with E-state index in [-0.39, 0.29) is 17.7 Å². The van der Waals surface area contributed by atoms with E-state index in [4.69, 9.17) is 11.5 Å². The van der Waals surface area contributed by atoms with Crippen LogP contribution in [-0.2, 0) is 0 Å². The first kappa shape index (κ1) is 15.6. The molecular weight excluding hydrogens is 295 g/mol. The van der Waals surface area contributed by atoms with Crippen molar-refractivity contribution in [1.29, 1.82) is 0 Å². The van der Waals surface area contributed by atoms with Crippen LogP contribution in [0.5, 0.6) is 0 Å². The number of hydrogen-bond acceptors (Lipinski definition) is 6. The molecule has 0 amide bonds. The number of nitrogens with two attached hydrogens (primary N) is 2. The lowest BCUT2D eigenvalue weighted by molar-refractivity contribution is 0.305. The van der Waals surface area contributed by atoms with Crippen molar-refractivity contribution in [2.45, 2.75) is 37.8 Å². The van der Waals surface area contributed by atoms with Gasteiger partial charge in [-0.15, -0.1) is 0 Å². The number of aliphatic imine (C=N–C) groups is 2. The summed E-state index contributed by atoms with van der Waals surface area (Å²) in [6, 6.07) is 5.09. The zero-order valence-corrected chi connectivity index (χ0v) is 13.6. The third kappa shape index (κ3) is 2.71. The fraction of sp³-hybridized carbons (Fsp3) is 0.500. The number of benzene rings is 1. The van der Waals surface area contributed by atoms with Gasteiger partial charge in [0.25, 0.3) is 0 Å². The minimum Gasteiger partial charge on any atom is -0.375 e. The Morgan fingerprint density at radius 2 is 1.87 bits per heavy atom. The summed E-state index contributed by atoms with van der Waals surface area (Å²) in [5.74, 6) is 0.177. The van der Waals surface area contributed by atoms with Gasteiger partial charge in [0.2, 0.25) is 11.9 Å². The number of halogens is 1. The molecule has 3 rings (SSSR count). The van der Waals surface area contributed by atoms with Crippen molar-refractivity contribution in [3.05, 3.63) is 24.0 Å². The predicted octanol–water partition coefficient (Wildman–Crippen LogP) is 2.00. The number of hydrogen-bond donors (Lipinski definition) is 2. The van der Waals surface area contributed by atoms with Gasteiger partial charge in [0, 0.05) is 19.8 Å². The van der Waals surface area contributed by atoms with Crippen molar-refractivity contribution >= 4 is 23.3 Å². The molecule has 1 aliphatic heterocycles. The normalized spacial score (nSPS) is 20.2. The minimum atomic E-state index is -0.541. The molecule has 6 nitrogen and oxygen atoms in total. The van der Waals surface area contributed by atoms with Crippen LogP contribution in [0.4, 0.5) is 15.8 Å². The SMILES string of the molecule is CN(C)c1ccc(N2C(N)=NC(N)=NC23CCCCC3)cc1F. The molecule has 4 N–H and O–H groups in total. The van der Waals surface area contributed by atoms with Crippen LogP contribution in [0.3, 0.4) is 0 Å². The second-order valence-corrected chi connectivity index (χ2v) is 6.35. The Morgan fingerprint density at radius 3 is 2.48 bits per heavy atom. The molecule has 7 heteroatoms. The molecule has 1 spiro atoms. The van der Waals surface area contributed by atoms with Crippen molar-refractivity contribution < 1.29 is 4.39 Å². The Balaban J connectivity index is 2.05. The second-order valence-electron chi connectivity index (χ2n) is 6.35. The van der Waals surface area contributed by atoms with E-state index in [0.29, 0.717) is 11.4 Å². The van der Waals surface area contributed by atoms with Gasteiger partial charge in [-0.3, -0.25) is 4.90 Å². The van der Waals surface area contributed by atoms with Crippen LogP contribution in [0.1, 0.15) is 32.1 Å².